The Labute approximate surface area is 199 Å². The van der Waals surface area contributed by atoms with Crippen LogP contribution in [0.1, 0.15) is 69.2 Å². The van der Waals surface area contributed by atoms with Gasteiger partial charge in [-0.05, 0) is 91.3 Å². The van der Waals surface area contributed by atoms with Gasteiger partial charge in [-0.1, -0.05) is 69.2 Å². The first-order chi connectivity index (χ1) is 11.6. The third-order valence-corrected chi connectivity index (χ3v) is 6.18. The van der Waals surface area contributed by atoms with Crippen LogP contribution in [0.2, 0.25) is 0 Å². The Balaban J connectivity index is 0.000000372. The van der Waals surface area contributed by atoms with Gasteiger partial charge in [0.05, 0.1) is 0 Å². The molecule has 0 aromatic carbocycles. The Bertz CT molecular complexity index is 234. The first-order valence-electron chi connectivity index (χ1n) is 9.17. The van der Waals surface area contributed by atoms with Crippen molar-refractivity contribution in [1.82, 2.24) is 0 Å². The second-order valence-corrected chi connectivity index (χ2v) is 7.21. The minimum Gasteiger partial charge on any atom is -0.0579 e. The van der Waals surface area contributed by atoms with Crippen molar-refractivity contribution in [1.29, 1.82) is 0 Å². The van der Waals surface area contributed by atoms with Gasteiger partial charge in [0.25, 0.3) is 0 Å². The van der Waals surface area contributed by atoms with E-state index in [-0.39, 0.29) is 40.4 Å². The zero-order valence-corrected chi connectivity index (χ0v) is 20.9. The van der Waals surface area contributed by atoms with E-state index in [1.807, 2.05) is 32.1 Å². The Morgan fingerprint density at radius 3 is 0.423 bits per heavy atom. The smallest absolute Gasteiger partial charge is 0 e. The molecule has 3 saturated carbocycles. The summed E-state index contributed by atoms with van der Waals surface area (Å²) in [6, 6.07) is 0. The predicted molar refractivity (Wildman–Crippen MR) is 111 cm³/mol. The van der Waals surface area contributed by atoms with Crippen LogP contribution in [0.25, 0.3) is 0 Å². The maximum atomic E-state index is 2.20. The molecule has 0 N–H and O–H groups in total. The van der Waals surface area contributed by atoms with E-state index in [0.717, 1.165) is 0 Å². The van der Waals surface area contributed by atoms with E-state index >= 15 is 0 Å². The van der Waals surface area contributed by atoms with Crippen LogP contribution in [0.3, 0.4) is 0 Å². The summed E-state index contributed by atoms with van der Waals surface area (Å²) >= 11 is 0. The molecule has 0 nitrogen and oxygen atoms in total. The minimum atomic E-state index is 0. The fourth-order valence-electron chi connectivity index (χ4n) is 3.13. The molecule has 3 fully saturated rings. The van der Waals surface area contributed by atoms with E-state index in [1.54, 1.807) is 0 Å². The summed E-state index contributed by atoms with van der Waals surface area (Å²) in [5.41, 5.74) is 0. The molecule has 3 rings (SSSR count). The molecule has 0 saturated heterocycles. The quantitative estimate of drug-likeness (QED) is 0.348. The largest absolute Gasteiger partial charge is 0.0579 e. The summed E-state index contributed by atoms with van der Waals surface area (Å²) in [6.45, 7) is 22.0. The molecule has 0 spiro atoms. The summed E-state index contributed by atoms with van der Waals surface area (Å²) in [4.78, 5) is 0. The Morgan fingerprint density at radius 1 is 0.269 bits per heavy atom. The van der Waals surface area contributed by atoms with Crippen molar-refractivity contribution in [3.8, 4) is 0 Å². The maximum Gasteiger partial charge on any atom is 0 e. The van der Waals surface area contributed by atoms with Gasteiger partial charge in [-0.3, -0.25) is 0 Å². The summed E-state index contributed by atoms with van der Waals surface area (Å²) < 4.78 is 0. The normalized spacial score (nSPS) is 26.5. The SMILES string of the molecule is C[C]1[C](C)[C](C)[C](C)[C]1C.C[C]1[C](C)[C](C)[C](C)[C]1C.[CH]1[CH][CH][CH][CH]1.[Sm]. The molecule has 0 aliphatic heterocycles. The van der Waals surface area contributed by atoms with Crippen LogP contribution in [0.4, 0.5) is 0 Å². The second kappa shape index (κ2) is 12.8. The molecule has 0 bridgehead atoms. The molecule has 26 heavy (non-hydrogen) atoms. The van der Waals surface area contributed by atoms with Crippen molar-refractivity contribution < 1.29 is 40.4 Å². The molecule has 0 atom stereocenters. The van der Waals surface area contributed by atoms with Gasteiger partial charge in [-0.2, -0.15) is 0 Å². The molecule has 0 aromatic heterocycles. The van der Waals surface area contributed by atoms with Gasteiger partial charge in [-0.25, -0.2) is 0 Å². The van der Waals surface area contributed by atoms with Crippen molar-refractivity contribution in [3.63, 3.8) is 0 Å². The van der Waals surface area contributed by atoms with E-state index < -0.39 is 0 Å². The molecule has 1 heteroatoms. The molecular formula is C25H35Sm. The van der Waals surface area contributed by atoms with Crippen molar-refractivity contribution in [2.24, 2.45) is 0 Å². The average molecular weight is 486 g/mol. The van der Waals surface area contributed by atoms with Crippen LogP contribution in [0, 0.1) is 132 Å². The first kappa shape index (κ1) is 27.3. The topological polar surface area (TPSA) is 0 Å². The van der Waals surface area contributed by atoms with Crippen LogP contribution >= 0.6 is 0 Å². The summed E-state index contributed by atoms with van der Waals surface area (Å²) in [5.74, 6) is 14.7. The third kappa shape index (κ3) is 6.99. The number of rotatable bonds is 0. The van der Waals surface area contributed by atoms with Gasteiger partial charge in [0.15, 0.2) is 0 Å². The van der Waals surface area contributed by atoms with E-state index in [1.165, 1.54) is 59.2 Å². The fraction of sp³-hybridized carbons (Fsp3) is 0.400. The monoisotopic (exact) mass is 487 g/mol. The van der Waals surface area contributed by atoms with E-state index in [0.29, 0.717) is 0 Å². The molecule has 15 radical (unpaired) electrons. The average Bonchev–Trinajstić information content (AvgIpc) is 3.29. The molecule has 3 aliphatic rings. The summed E-state index contributed by atoms with van der Waals surface area (Å²) in [7, 11) is 0. The molecule has 0 unspecified atom stereocenters. The minimum absolute atomic E-state index is 0. The van der Waals surface area contributed by atoms with Crippen LogP contribution in [0.5, 0.6) is 0 Å². The molecule has 141 valence electrons. The molecule has 0 heterocycles. The van der Waals surface area contributed by atoms with Gasteiger partial charge < -0.3 is 0 Å². The molecule has 0 aromatic rings. The Morgan fingerprint density at radius 2 is 0.346 bits per heavy atom. The van der Waals surface area contributed by atoms with Crippen molar-refractivity contribution in [2.75, 3.05) is 0 Å². The molecule has 3 aliphatic carbocycles. The van der Waals surface area contributed by atoms with Crippen molar-refractivity contribution in [2.45, 2.75) is 69.2 Å². The Kier molecular flexibility index (Phi) is 13.5. The molecule has 0 amide bonds. The molecular weight excluding hydrogens is 451 g/mol. The van der Waals surface area contributed by atoms with E-state index in [9.17, 15) is 0 Å². The van der Waals surface area contributed by atoms with Crippen molar-refractivity contribution >= 4 is 0 Å². The van der Waals surface area contributed by atoms with Crippen molar-refractivity contribution in [3.05, 3.63) is 91.3 Å². The Hall–Kier alpha value is 1.34. The van der Waals surface area contributed by atoms with Gasteiger partial charge in [0, 0.05) is 40.4 Å². The third-order valence-electron chi connectivity index (χ3n) is 6.18. The number of hydrogen-bond acceptors (Lipinski definition) is 0. The first-order valence-corrected chi connectivity index (χ1v) is 9.17. The van der Waals surface area contributed by atoms with Crippen LogP contribution in [-0.4, -0.2) is 0 Å². The second-order valence-electron chi connectivity index (χ2n) is 7.21. The zero-order valence-electron chi connectivity index (χ0n) is 18.3. The van der Waals surface area contributed by atoms with E-state index in [2.05, 4.69) is 69.2 Å². The van der Waals surface area contributed by atoms with E-state index in [4.69, 9.17) is 0 Å². The fourth-order valence-corrected chi connectivity index (χ4v) is 3.13. The summed E-state index contributed by atoms with van der Waals surface area (Å²) in [5, 5.41) is 0. The van der Waals surface area contributed by atoms with Gasteiger partial charge in [0.2, 0.25) is 0 Å². The zero-order chi connectivity index (χ0) is 19.3. The van der Waals surface area contributed by atoms with Crippen LogP contribution in [0.15, 0.2) is 0 Å². The van der Waals surface area contributed by atoms with Crippen LogP contribution < -0.4 is 0 Å². The number of hydrogen-bond donors (Lipinski definition) is 0. The van der Waals surface area contributed by atoms with Crippen LogP contribution in [-0.2, 0) is 0 Å². The van der Waals surface area contributed by atoms with Gasteiger partial charge in [-0.15, -0.1) is 0 Å². The standard InChI is InChI=1S/2C10H15.C5H5.Sm/c2*1-6-7(2)9(4)10(5)8(6)3;1-2-4-5-3-1;/h2*1-5H3;1-5H;. The van der Waals surface area contributed by atoms with Gasteiger partial charge >= 0.3 is 0 Å². The maximum absolute atomic E-state index is 2.20. The predicted octanol–water partition coefficient (Wildman–Crippen LogP) is 6.97. The summed E-state index contributed by atoms with van der Waals surface area (Å²) in [6.07, 6.45) is 10.0. The van der Waals surface area contributed by atoms with Gasteiger partial charge in [0.1, 0.15) is 0 Å².